The summed E-state index contributed by atoms with van der Waals surface area (Å²) in [5.41, 5.74) is 13.1. The van der Waals surface area contributed by atoms with Gasteiger partial charge in [0, 0.05) is 60.4 Å². The number of aromatic amines is 1. The van der Waals surface area contributed by atoms with Crippen molar-refractivity contribution >= 4 is 27.8 Å². The number of rotatable bonds is 6. The Labute approximate surface area is 231 Å². The van der Waals surface area contributed by atoms with E-state index in [0.717, 1.165) is 59.6 Å². The fourth-order valence-electron chi connectivity index (χ4n) is 7.05. The number of likely N-dealkylation sites (tertiary alicyclic amines) is 1. The Morgan fingerprint density at radius 3 is 2.70 bits per heavy atom. The molecule has 3 aromatic heterocycles. The minimum absolute atomic E-state index is 0.0182. The predicted molar refractivity (Wildman–Crippen MR) is 154 cm³/mol. The third-order valence-corrected chi connectivity index (χ3v) is 9.42. The highest BCUT2D eigenvalue weighted by Gasteiger charge is 2.47. The van der Waals surface area contributed by atoms with Crippen molar-refractivity contribution < 1.29 is 9.53 Å². The zero-order valence-corrected chi connectivity index (χ0v) is 22.8. The Bertz CT molecular complexity index is 1780. The average Bonchev–Trinajstić information content (AvgIpc) is 3.34. The van der Waals surface area contributed by atoms with Gasteiger partial charge in [0.2, 0.25) is 0 Å². The highest BCUT2D eigenvalue weighted by Crippen LogP contribution is 2.40. The monoisotopic (exact) mass is 535 g/mol. The van der Waals surface area contributed by atoms with E-state index >= 15 is 0 Å². The van der Waals surface area contributed by atoms with Crippen LogP contribution < -0.4 is 10.5 Å². The summed E-state index contributed by atoms with van der Waals surface area (Å²) in [6.45, 7) is 1.69. The molecule has 3 atom stereocenters. The summed E-state index contributed by atoms with van der Waals surface area (Å²) in [6, 6.07) is 12.8. The van der Waals surface area contributed by atoms with Crippen molar-refractivity contribution in [2.45, 2.75) is 44.3 Å². The number of carbonyl (C=O) groups excluding carboxylic acids is 1. The number of ether oxygens (including phenoxy) is 1. The molecule has 1 amide bonds. The summed E-state index contributed by atoms with van der Waals surface area (Å²) in [6.07, 6.45) is 8.38. The first kappa shape index (κ1) is 23.7. The summed E-state index contributed by atoms with van der Waals surface area (Å²) in [5.74, 6) is 2.63. The number of aryl methyl sites for hydroxylation is 1. The third-order valence-electron chi connectivity index (χ3n) is 9.42. The molecule has 0 radical (unpaired) electrons. The highest BCUT2D eigenvalue weighted by atomic mass is 16.5. The van der Waals surface area contributed by atoms with Gasteiger partial charge in [-0.15, -0.1) is 0 Å². The number of imidazole rings is 1. The number of nitrogens with zero attached hydrogens (tertiary/aromatic N) is 5. The van der Waals surface area contributed by atoms with Crippen molar-refractivity contribution in [2.75, 3.05) is 13.7 Å². The van der Waals surface area contributed by atoms with Gasteiger partial charge in [-0.25, -0.2) is 4.98 Å². The van der Waals surface area contributed by atoms with E-state index in [1.165, 1.54) is 23.7 Å². The first-order chi connectivity index (χ1) is 19.5. The normalized spacial score (nSPS) is 22.2. The number of methoxy groups -OCH3 is 1. The van der Waals surface area contributed by atoms with Gasteiger partial charge < -0.3 is 24.5 Å². The van der Waals surface area contributed by atoms with Crippen LogP contribution in [0.15, 0.2) is 48.8 Å². The number of nitrogens with one attached hydrogen (secondary N) is 1. The molecule has 2 bridgehead atoms. The van der Waals surface area contributed by atoms with Crippen LogP contribution in [0.1, 0.15) is 36.0 Å². The molecule has 3 fully saturated rings. The minimum Gasteiger partial charge on any atom is -0.494 e. The first-order valence-corrected chi connectivity index (χ1v) is 14.2. The lowest BCUT2D eigenvalue weighted by molar-refractivity contribution is 0.0700. The van der Waals surface area contributed by atoms with Gasteiger partial charge in [0.15, 0.2) is 5.82 Å². The Hall–Kier alpha value is -4.11. The van der Waals surface area contributed by atoms with Gasteiger partial charge in [-0.1, -0.05) is 12.1 Å². The first-order valence-electron chi connectivity index (χ1n) is 14.2. The molecule has 1 aliphatic heterocycles. The summed E-state index contributed by atoms with van der Waals surface area (Å²) in [7, 11) is 3.69. The van der Waals surface area contributed by atoms with Gasteiger partial charge in [-0.05, 0) is 67.3 Å². The molecule has 1 saturated heterocycles. The lowest BCUT2D eigenvalue weighted by atomic mass is 10.1. The molecule has 2 aromatic carbocycles. The summed E-state index contributed by atoms with van der Waals surface area (Å²) in [4.78, 5) is 20.8. The molecular formula is C31H33N7O2. The maximum Gasteiger partial charge on any atom is 0.254 e. The summed E-state index contributed by atoms with van der Waals surface area (Å²) in [5, 5.41) is 8.23. The molecule has 5 aromatic rings. The number of nitrogens with two attached hydrogens (primary N) is 1. The highest BCUT2D eigenvalue weighted by molar-refractivity contribution is 6.00. The topological polar surface area (TPSA) is 107 Å². The predicted octanol–water partition coefficient (Wildman–Crippen LogP) is 4.57. The van der Waals surface area contributed by atoms with E-state index in [9.17, 15) is 4.79 Å². The van der Waals surface area contributed by atoms with E-state index in [1.807, 2.05) is 36.5 Å². The average molecular weight is 536 g/mol. The Morgan fingerprint density at radius 2 is 2.00 bits per heavy atom. The number of fused-ring (bicyclic) bond motifs is 4. The van der Waals surface area contributed by atoms with Crippen molar-refractivity contribution in [3.8, 4) is 28.4 Å². The van der Waals surface area contributed by atoms with Crippen LogP contribution in [-0.2, 0) is 13.6 Å². The van der Waals surface area contributed by atoms with Crippen LogP contribution in [-0.4, -0.2) is 60.9 Å². The molecule has 2 aliphatic carbocycles. The van der Waals surface area contributed by atoms with Crippen molar-refractivity contribution in [3.63, 3.8) is 0 Å². The molecule has 3 aliphatic rings. The molecular weight excluding hydrogens is 502 g/mol. The summed E-state index contributed by atoms with van der Waals surface area (Å²) < 4.78 is 10.4. The summed E-state index contributed by atoms with van der Waals surface area (Å²) >= 11 is 0. The molecule has 40 heavy (non-hydrogen) atoms. The van der Waals surface area contributed by atoms with Gasteiger partial charge in [-0.3, -0.25) is 9.89 Å². The smallest absolute Gasteiger partial charge is 0.254 e. The van der Waals surface area contributed by atoms with Crippen LogP contribution in [0.2, 0.25) is 0 Å². The largest absolute Gasteiger partial charge is 0.494 e. The number of aromatic nitrogens is 5. The lowest BCUT2D eigenvalue weighted by Gasteiger charge is -2.27. The fraction of sp³-hybridized carbons (Fsp3) is 0.387. The second kappa shape index (κ2) is 8.69. The van der Waals surface area contributed by atoms with Crippen LogP contribution >= 0.6 is 0 Å². The quantitative estimate of drug-likeness (QED) is 0.331. The molecule has 9 heteroatoms. The number of H-pyrrole nitrogens is 1. The number of amides is 1. The molecule has 8 rings (SSSR count). The van der Waals surface area contributed by atoms with Crippen molar-refractivity contribution in [1.29, 1.82) is 0 Å². The molecule has 0 spiro atoms. The second-order valence-corrected chi connectivity index (χ2v) is 11.8. The van der Waals surface area contributed by atoms with Crippen LogP contribution in [0, 0.1) is 11.8 Å². The van der Waals surface area contributed by atoms with Gasteiger partial charge in [0.05, 0.1) is 24.5 Å². The van der Waals surface area contributed by atoms with Crippen LogP contribution in [0.25, 0.3) is 44.6 Å². The van der Waals surface area contributed by atoms with Gasteiger partial charge >= 0.3 is 0 Å². The number of hydrogen-bond donors (Lipinski definition) is 2. The lowest BCUT2D eigenvalue weighted by Crippen LogP contribution is -2.41. The zero-order valence-electron chi connectivity index (χ0n) is 22.8. The van der Waals surface area contributed by atoms with E-state index in [0.29, 0.717) is 23.1 Å². The van der Waals surface area contributed by atoms with Gasteiger partial charge in [-0.2, -0.15) is 5.10 Å². The van der Waals surface area contributed by atoms with E-state index < -0.39 is 0 Å². The molecule has 4 heterocycles. The van der Waals surface area contributed by atoms with E-state index in [-0.39, 0.29) is 18.0 Å². The van der Waals surface area contributed by atoms with Crippen molar-refractivity contribution in [1.82, 2.24) is 29.2 Å². The maximum absolute atomic E-state index is 13.7. The van der Waals surface area contributed by atoms with Crippen LogP contribution in [0.3, 0.4) is 0 Å². The maximum atomic E-state index is 13.7. The standard InChI is InChI=1S/C31H33N7O2/c1-36-29-23(9-21(12-27(29)40-2)31(39)38-16-20-7-8-24(38)28(20)32)35-30(36)26-11-19-6-5-18(22-13-33-34-14-22)10-25(19)37(26)15-17-3-4-17/h5-6,9-14,17,20,24,28H,3-4,7-8,15-16,32H2,1-2H3,(H,33,34)/t20?,24?,28-/m1/s1. The zero-order chi connectivity index (χ0) is 27.1. The molecule has 2 unspecified atom stereocenters. The number of benzene rings is 2. The van der Waals surface area contributed by atoms with Crippen molar-refractivity contribution in [3.05, 3.63) is 54.4 Å². The number of carbonyl (C=O) groups is 1. The van der Waals surface area contributed by atoms with Gasteiger partial charge in [0.25, 0.3) is 5.91 Å². The number of piperidine rings is 1. The van der Waals surface area contributed by atoms with Crippen LogP contribution in [0.5, 0.6) is 5.75 Å². The molecule has 3 N–H and O–H groups in total. The second-order valence-electron chi connectivity index (χ2n) is 11.8. The van der Waals surface area contributed by atoms with Gasteiger partial charge in [0.1, 0.15) is 11.3 Å². The number of hydrogen-bond acceptors (Lipinski definition) is 5. The van der Waals surface area contributed by atoms with E-state index in [4.69, 9.17) is 15.5 Å². The molecule has 204 valence electrons. The molecule has 9 nitrogen and oxygen atoms in total. The molecule has 2 saturated carbocycles. The van der Waals surface area contributed by atoms with E-state index in [2.05, 4.69) is 43.6 Å². The SMILES string of the molecule is COc1cc(C(=O)N2CC3CCC2[C@@H]3N)cc2nc(-c3cc4ccc(-c5cn[nH]c5)cc4n3CC3CC3)n(C)c12. The Kier molecular flexibility index (Phi) is 5.16. The van der Waals surface area contributed by atoms with Crippen molar-refractivity contribution in [2.24, 2.45) is 24.6 Å². The fourth-order valence-corrected chi connectivity index (χ4v) is 7.05. The van der Waals surface area contributed by atoms with Crippen LogP contribution in [0.4, 0.5) is 0 Å². The Morgan fingerprint density at radius 1 is 1.12 bits per heavy atom. The minimum atomic E-state index is 0.0182. The third kappa shape index (κ3) is 3.53. The Balaban J connectivity index is 1.25. The van der Waals surface area contributed by atoms with E-state index in [1.54, 1.807) is 7.11 Å².